The third kappa shape index (κ3) is 6.72. The van der Waals surface area contributed by atoms with Crippen molar-refractivity contribution in [1.82, 2.24) is 9.88 Å². The molecule has 0 unspecified atom stereocenters. The van der Waals surface area contributed by atoms with E-state index >= 15 is 0 Å². The van der Waals surface area contributed by atoms with E-state index in [0.29, 0.717) is 36.9 Å². The average molecular weight is 513 g/mol. The first-order chi connectivity index (χ1) is 17.5. The van der Waals surface area contributed by atoms with Crippen molar-refractivity contribution in [1.29, 1.82) is 0 Å². The van der Waals surface area contributed by atoms with Gasteiger partial charge in [-0.15, -0.1) is 0 Å². The van der Waals surface area contributed by atoms with Gasteiger partial charge in [-0.1, -0.05) is 30.3 Å². The molecule has 37 heavy (non-hydrogen) atoms. The zero-order valence-corrected chi connectivity index (χ0v) is 21.0. The molecule has 1 amide bonds. The topological polar surface area (TPSA) is 89.0 Å². The molecule has 8 heteroatoms. The number of carbonyl (C=O) groups is 2. The Morgan fingerprint density at radius 1 is 1.05 bits per heavy atom. The van der Waals surface area contributed by atoms with Crippen molar-refractivity contribution in [2.24, 2.45) is 5.92 Å². The molecule has 0 saturated heterocycles. The Morgan fingerprint density at radius 3 is 2.32 bits per heavy atom. The summed E-state index contributed by atoms with van der Waals surface area (Å²) in [5.41, 5.74) is 4.61. The van der Waals surface area contributed by atoms with Crippen molar-refractivity contribution in [2.75, 3.05) is 20.3 Å². The Hall–Kier alpha value is -2.87. The van der Waals surface area contributed by atoms with Crippen molar-refractivity contribution >= 4 is 41.4 Å². The summed E-state index contributed by atoms with van der Waals surface area (Å²) in [6.07, 6.45) is 3.30. The molecule has 1 aromatic heterocycles. The van der Waals surface area contributed by atoms with Crippen LogP contribution >= 0.6 is 0 Å². The predicted octanol–water partition coefficient (Wildman–Crippen LogP) is 4.56. The van der Waals surface area contributed by atoms with Gasteiger partial charge in [-0.05, 0) is 61.1 Å². The van der Waals surface area contributed by atoms with Gasteiger partial charge in [0.05, 0.1) is 20.1 Å². The van der Waals surface area contributed by atoms with Crippen molar-refractivity contribution < 1.29 is 24.2 Å². The van der Waals surface area contributed by atoms with Crippen LogP contribution in [0, 0.1) is 5.92 Å². The van der Waals surface area contributed by atoms with Gasteiger partial charge in [0.2, 0.25) is 11.8 Å². The van der Waals surface area contributed by atoms with E-state index in [1.807, 2.05) is 61.2 Å². The van der Waals surface area contributed by atoms with Crippen LogP contribution in [0.4, 0.5) is 0 Å². The Kier molecular flexibility index (Phi) is 10.1. The van der Waals surface area contributed by atoms with E-state index in [0.717, 1.165) is 40.7 Å². The molecule has 2 aromatic carbocycles. The molecule has 1 N–H and O–H groups in total. The van der Waals surface area contributed by atoms with Crippen LogP contribution in [0.25, 0.3) is 22.3 Å². The molecule has 0 aliphatic heterocycles. The third-order valence-electron chi connectivity index (χ3n) is 6.43. The Labute approximate surface area is 240 Å². The Morgan fingerprint density at radius 2 is 1.78 bits per heavy atom. The van der Waals surface area contributed by atoms with Crippen LogP contribution in [0.15, 0.2) is 54.7 Å². The maximum atomic E-state index is 13.1. The summed E-state index contributed by atoms with van der Waals surface area (Å²) in [7, 11) is 1.61. The van der Waals surface area contributed by atoms with E-state index in [9.17, 15) is 14.7 Å². The number of nitrogens with zero attached hydrogens (tertiary/aromatic N) is 2. The summed E-state index contributed by atoms with van der Waals surface area (Å²) in [5, 5.41) is 9.92. The van der Waals surface area contributed by atoms with E-state index in [4.69, 9.17) is 9.47 Å². The average Bonchev–Trinajstić information content (AvgIpc) is 3.74. The van der Waals surface area contributed by atoms with E-state index in [1.165, 1.54) is 0 Å². The SMILES string of the molecule is CCOc1ccc(-c2cc(OC)c(-c3ccccc3)c(CN(CC)C(=O)C3CC3)c2CC(=O)O)cn1.[NaH]. The van der Waals surface area contributed by atoms with Gasteiger partial charge >= 0.3 is 35.5 Å². The van der Waals surface area contributed by atoms with Crippen LogP contribution in [0.3, 0.4) is 0 Å². The number of amides is 1. The summed E-state index contributed by atoms with van der Waals surface area (Å²) < 4.78 is 11.3. The number of carboxylic acids is 1. The number of rotatable bonds is 11. The number of pyridine rings is 1. The zero-order valence-electron chi connectivity index (χ0n) is 21.0. The zero-order chi connectivity index (χ0) is 25.7. The minimum absolute atomic E-state index is 0. The first-order valence-electron chi connectivity index (χ1n) is 12.3. The third-order valence-corrected chi connectivity index (χ3v) is 6.43. The van der Waals surface area contributed by atoms with E-state index in [-0.39, 0.29) is 47.8 Å². The molecule has 1 fully saturated rings. The molecule has 0 atom stereocenters. The number of ether oxygens (including phenoxy) is 2. The molecular formula is C29H33N2NaO5. The minimum atomic E-state index is -0.947. The summed E-state index contributed by atoms with van der Waals surface area (Å²) in [5.74, 6) is 0.348. The fourth-order valence-corrected chi connectivity index (χ4v) is 4.52. The predicted molar refractivity (Wildman–Crippen MR) is 145 cm³/mol. The molecule has 1 saturated carbocycles. The van der Waals surface area contributed by atoms with Crippen molar-refractivity contribution in [3.8, 4) is 33.9 Å². The van der Waals surface area contributed by atoms with E-state index < -0.39 is 5.97 Å². The van der Waals surface area contributed by atoms with Crippen molar-refractivity contribution in [3.63, 3.8) is 0 Å². The Bertz CT molecular complexity index is 1230. The standard InChI is InChI=1S/C29H32N2O5.Na.H/c1-4-31(29(34)20-11-12-20)18-24-23(16-27(32)33)22(21-13-14-26(30-17-21)36-5-2)15-25(35-3)28(24)19-9-7-6-8-10-19;;/h6-10,13-15,17,20H,4-5,11-12,16,18H2,1-3H3,(H,32,33);;. The molecule has 1 aliphatic rings. The molecule has 3 aromatic rings. The number of benzene rings is 2. The molecule has 4 rings (SSSR count). The number of hydrogen-bond donors (Lipinski definition) is 1. The summed E-state index contributed by atoms with van der Waals surface area (Å²) in [6.45, 7) is 5.18. The normalized spacial score (nSPS) is 12.4. The van der Waals surface area contributed by atoms with Gasteiger partial charge in [-0.3, -0.25) is 9.59 Å². The molecule has 7 nitrogen and oxygen atoms in total. The van der Waals surface area contributed by atoms with Gasteiger partial charge in [0.15, 0.2) is 0 Å². The number of hydrogen-bond acceptors (Lipinski definition) is 5. The molecule has 1 aliphatic carbocycles. The van der Waals surface area contributed by atoms with Gasteiger partial charge in [0, 0.05) is 42.4 Å². The maximum absolute atomic E-state index is 13.1. The van der Waals surface area contributed by atoms with E-state index in [2.05, 4.69) is 4.98 Å². The summed E-state index contributed by atoms with van der Waals surface area (Å²) in [4.78, 5) is 31.4. The summed E-state index contributed by atoms with van der Waals surface area (Å²) in [6, 6.07) is 15.3. The Balaban J connectivity index is 0.00000380. The molecule has 0 bridgehead atoms. The fourth-order valence-electron chi connectivity index (χ4n) is 4.52. The second-order valence-corrected chi connectivity index (χ2v) is 8.84. The van der Waals surface area contributed by atoms with Crippen LogP contribution < -0.4 is 9.47 Å². The van der Waals surface area contributed by atoms with Gasteiger partial charge in [-0.2, -0.15) is 0 Å². The molecule has 190 valence electrons. The van der Waals surface area contributed by atoms with Crippen LogP contribution in [0.1, 0.15) is 37.8 Å². The van der Waals surface area contributed by atoms with Gasteiger partial charge in [0.25, 0.3) is 0 Å². The number of aromatic nitrogens is 1. The van der Waals surface area contributed by atoms with E-state index in [1.54, 1.807) is 19.4 Å². The second-order valence-electron chi connectivity index (χ2n) is 8.84. The van der Waals surface area contributed by atoms with Crippen LogP contribution in [0.2, 0.25) is 0 Å². The monoisotopic (exact) mass is 512 g/mol. The first-order valence-corrected chi connectivity index (χ1v) is 12.3. The number of carboxylic acid groups (broad SMARTS) is 1. The van der Waals surface area contributed by atoms with Gasteiger partial charge in [0.1, 0.15) is 5.75 Å². The van der Waals surface area contributed by atoms with Gasteiger partial charge in [-0.25, -0.2) is 4.98 Å². The quantitative estimate of drug-likeness (QED) is 0.379. The van der Waals surface area contributed by atoms with Gasteiger partial charge < -0.3 is 19.5 Å². The molecular weight excluding hydrogens is 479 g/mol. The number of carbonyl (C=O) groups excluding carboxylic acids is 1. The number of aliphatic carboxylic acids is 1. The molecule has 0 radical (unpaired) electrons. The van der Waals surface area contributed by atoms with Crippen LogP contribution in [-0.4, -0.2) is 76.7 Å². The number of methoxy groups -OCH3 is 1. The van der Waals surface area contributed by atoms with Crippen molar-refractivity contribution in [3.05, 3.63) is 65.9 Å². The fraction of sp³-hybridized carbons (Fsp3) is 0.345. The molecule has 0 spiro atoms. The molecule has 1 heterocycles. The van der Waals surface area contributed by atoms with Crippen molar-refractivity contribution in [2.45, 2.75) is 39.7 Å². The van der Waals surface area contributed by atoms with Crippen LogP contribution in [-0.2, 0) is 22.6 Å². The summed E-state index contributed by atoms with van der Waals surface area (Å²) >= 11 is 0. The van der Waals surface area contributed by atoms with Crippen LogP contribution in [0.5, 0.6) is 11.6 Å². The second kappa shape index (κ2) is 13.1. The first kappa shape index (κ1) is 28.7.